The average molecular weight is 217 g/mol. The van der Waals surface area contributed by atoms with E-state index in [1.807, 2.05) is 0 Å². The van der Waals surface area contributed by atoms with Crippen LogP contribution in [-0.4, -0.2) is 16.4 Å². The third kappa shape index (κ3) is 7.98. The summed E-state index contributed by atoms with van der Waals surface area (Å²) in [7, 11) is 0. The second kappa shape index (κ2) is 4.86. The van der Waals surface area contributed by atoms with Crippen molar-refractivity contribution in [3.63, 3.8) is 0 Å². The van der Waals surface area contributed by atoms with Gasteiger partial charge in [-0.1, -0.05) is 40.9 Å². The standard InChI is InChI=1S/C6H7Cl3O2/c1-2-3-5(10)11-4-6(7,8)9/h2-3H,4H2,1H3/b3-2-. The Morgan fingerprint density at radius 3 is 2.45 bits per heavy atom. The highest BCUT2D eigenvalue weighted by atomic mass is 35.6. The summed E-state index contributed by atoms with van der Waals surface area (Å²) in [5.74, 6) is -0.515. The zero-order valence-electron chi connectivity index (χ0n) is 5.81. The van der Waals surface area contributed by atoms with E-state index in [0.717, 1.165) is 0 Å². The van der Waals surface area contributed by atoms with Crippen molar-refractivity contribution >= 4 is 40.8 Å². The monoisotopic (exact) mass is 216 g/mol. The summed E-state index contributed by atoms with van der Waals surface area (Å²) in [6, 6.07) is 0. The highest BCUT2D eigenvalue weighted by molar-refractivity contribution is 6.67. The zero-order chi connectivity index (χ0) is 8.91. The number of ether oxygens (including phenoxy) is 1. The number of alkyl halides is 3. The molecule has 0 aromatic rings. The Morgan fingerprint density at radius 1 is 1.55 bits per heavy atom. The Labute approximate surface area is 80.1 Å². The Bertz CT molecular complexity index is 160. The van der Waals surface area contributed by atoms with Crippen LogP contribution in [-0.2, 0) is 9.53 Å². The number of allylic oxidation sites excluding steroid dienone is 1. The van der Waals surface area contributed by atoms with Crippen molar-refractivity contribution in [2.45, 2.75) is 10.7 Å². The van der Waals surface area contributed by atoms with Crippen LogP contribution in [0.2, 0.25) is 0 Å². The van der Waals surface area contributed by atoms with E-state index in [1.165, 1.54) is 6.08 Å². The van der Waals surface area contributed by atoms with Gasteiger partial charge in [-0.15, -0.1) is 0 Å². The highest BCUT2D eigenvalue weighted by Crippen LogP contribution is 2.25. The van der Waals surface area contributed by atoms with E-state index in [-0.39, 0.29) is 6.61 Å². The molecule has 0 amide bonds. The normalized spacial score (nSPS) is 12.0. The van der Waals surface area contributed by atoms with E-state index < -0.39 is 9.76 Å². The molecule has 0 rings (SSSR count). The van der Waals surface area contributed by atoms with Crippen LogP contribution in [0, 0.1) is 0 Å². The maximum atomic E-state index is 10.6. The Kier molecular flexibility index (Phi) is 4.89. The van der Waals surface area contributed by atoms with E-state index in [0.29, 0.717) is 0 Å². The molecule has 0 aliphatic heterocycles. The minimum Gasteiger partial charge on any atom is -0.458 e. The fourth-order valence-corrected chi connectivity index (χ4v) is 0.501. The first-order valence-corrected chi connectivity index (χ1v) is 3.95. The summed E-state index contributed by atoms with van der Waals surface area (Å²) >= 11 is 15.9. The molecule has 0 aliphatic rings. The second-order valence-electron chi connectivity index (χ2n) is 1.72. The lowest BCUT2D eigenvalue weighted by molar-refractivity contribution is -0.137. The highest BCUT2D eigenvalue weighted by Gasteiger charge is 2.21. The topological polar surface area (TPSA) is 26.3 Å². The van der Waals surface area contributed by atoms with Gasteiger partial charge in [-0.05, 0) is 6.92 Å². The van der Waals surface area contributed by atoms with Gasteiger partial charge in [0.25, 0.3) is 0 Å². The lowest BCUT2D eigenvalue weighted by Gasteiger charge is -2.09. The Morgan fingerprint density at radius 2 is 2.09 bits per heavy atom. The second-order valence-corrected chi connectivity index (χ2v) is 4.24. The molecule has 0 heterocycles. The van der Waals surface area contributed by atoms with E-state index >= 15 is 0 Å². The van der Waals surface area contributed by atoms with Crippen molar-refractivity contribution in [2.24, 2.45) is 0 Å². The largest absolute Gasteiger partial charge is 0.458 e. The van der Waals surface area contributed by atoms with Crippen LogP contribution in [0.3, 0.4) is 0 Å². The lowest BCUT2D eigenvalue weighted by atomic mass is 10.5. The van der Waals surface area contributed by atoms with Crippen LogP contribution in [0.4, 0.5) is 0 Å². The number of carbonyl (C=O) groups is 1. The smallest absolute Gasteiger partial charge is 0.330 e. The molecule has 2 nitrogen and oxygen atoms in total. The first-order chi connectivity index (χ1) is 4.95. The van der Waals surface area contributed by atoms with Gasteiger partial charge in [0.15, 0.2) is 0 Å². The number of esters is 1. The fourth-order valence-electron chi connectivity index (χ4n) is 0.337. The van der Waals surface area contributed by atoms with Gasteiger partial charge in [0.2, 0.25) is 3.79 Å². The van der Waals surface area contributed by atoms with E-state index in [2.05, 4.69) is 4.74 Å². The molecule has 0 aromatic carbocycles. The summed E-state index contributed by atoms with van der Waals surface area (Å²) in [6.45, 7) is 1.46. The molecule has 11 heavy (non-hydrogen) atoms. The molecule has 64 valence electrons. The van der Waals surface area contributed by atoms with Crippen LogP contribution in [0.1, 0.15) is 6.92 Å². The van der Waals surface area contributed by atoms with Crippen molar-refractivity contribution in [3.8, 4) is 0 Å². The van der Waals surface area contributed by atoms with Crippen LogP contribution in [0.15, 0.2) is 12.2 Å². The molecule has 0 bridgehead atoms. The number of halogens is 3. The molecule has 0 N–H and O–H groups in total. The van der Waals surface area contributed by atoms with Crippen molar-refractivity contribution in [1.82, 2.24) is 0 Å². The molecule has 0 saturated carbocycles. The third-order valence-electron chi connectivity index (χ3n) is 0.681. The maximum Gasteiger partial charge on any atom is 0.330 e. The summed E-state index contributed by atoms with van der Waals surface area (Å²) in [5, 5.41) is 0. The van der Waals surface area contributed by atoms with Crippen LogP contribution < -0.4 is 0 Å². The first-order valence-electron chi connectivity index (χ1n) is 2.82. The molecule has 0 fully saturated rings. The van der Waals surface area contributed by atoms with Crippen molar-refractivity contribution < 1.29 is 9.53 Å². The minimum atomic E-state index is -1.53. The van der Waals surface area contributed by atoms with Gasteiger partial charge in [0.1, 0.15) is 6.61 Å². The fraction of sp³-hybridized carbons (Fsp3) is 0.500. The number of hydrogen-bond donors (Lipinski definition) is 0. The molecule has 0 aromatic heterocycles. The van der Waals surface area contributed by atoms with Gasteiger partial charge in [-0.2, -0.15) is 0 Å². The number of hydrogen-bond acceptors (Lipinski definition) is 2. The first kappa shape index (κ1) is 11.1. The lowest BCUT2D eigenvalue weighted by Crippen LogP contribution is -2.15. The predicted molar refractivity (Wildman–Crippen MR) is 46.1 cm³/mol. The average Bonchev–Trinajstić information content (AvgIpc) is 1.83. The molecule has 0 spiro atoms. The van der Waals surface area contributed by atoms with Crippen molar-refractivity contribution in [2.75, 3.05) is 6.61 Å². The minimum absolute atomic E-state index is 0.235. The van der Waals surface area contributed by atoms with Gasteiger partial charge in [0, 0.05) is 6.08 Å². The van der Waals surface area contributed by atoms with Gasteiger partial charge >= 0.3 is 5.97 Å². The molecule has 0 atom stereocenters. The molecule has 0 saturated heterocycles. The van der Waals surface area contributed by atoms with Gasteiger partial charge in [0.05, 0.1) is 0 Å². The summed E-state index contributed by atoms with van der Waals surface area (Å²) in [4.78, 5) is 10.6. The Hall–Kier alpha value is 0.0800. The zero-order valence-corrected chi connectivity index (χ0v) is 8.08. The van der Waals surface area contributed by atoms with Crippen molar-refractivity contribution in [1.29, 1.82) is 0 Å². The van der Waals surface area contributed by atoms with Gasteiger partial charge in [-0.25, -0.2) is 4.79 Å². The van der Waals surface area contributed by atoms with E-state index in [4.69, 9.17) is 34.8 Å². The van der Waals surface area contributed by atoms with Crippen LogP contribution in [0.5, 0.6) is 0 Å². The molecule has 0 aliphatic carbocycles. The molecular weight excluding hydrogens is 210 g/mol. The summed E-state index contributed by atoms with van der Waals surface area (Å²) in [6.07, 6.45) is 2.79. The molecule has 0 unspecified atom stereocenters. The number of rotatable bonds is 2. The third-order valence-corrected chi connectivity index (χ3v) is 1.01. The van der Waals surface area contributed by atoms with E-state index in [9.17, 15) is 4.79 Å². The van der Waals surface area contributed by atoms with Crippen LogP contribution >= 0.6 is 34.8 Å². The molecule has 0 radical (unpaired) electrons. The Balaban J connectivity index is 3.63. The molecule has 5 heteroatoms. The quantitative estimate of drug-likeness (QED) is 0.403. The molecular formula is C6H7Cl3O2. The predicted octanol–water partition coefficient (Wildman–Crippen LogP) is 2.48. The SMILES string of the molecule is C/C=C\C(=O)OCC(Cl)(Cl)Cl. The van der Waals surface area contributed by atoms with Crippen molar-refractivity contribution in [3.05, 3.63) is 12.2 Å². The van der Waals surface area contributed by atoms with Gasteiger partial charge in [-0.3, -0.25) is 0 Å². The summed E-state index contributed by atoms with van der Waals surface area (Å²) < 4.78 is 2.99. The van der Waals surface area contributed by atoms with Crippen LogP contribution in [0.25, 0.3) is 0 Å². The van der Waals surface area contributed by atoms with E-state index in [1.54, 1.807) is 13.0 Å². The number of carbonyl (C=O) groups excluding carboxylic acids is 1. The summed E-state index contributed by atoms with van der Waals surface area (Å²) in [5.41, 5.74) is 0. The van der Waals surface area contributed by atoms with Gasteiger partial charge < -0.3 is 4.74 Å². The maximum absolute atomic E-state index is 10.6.